The van der Waals surface area contributed by atoms with E-state index in [2.05, 4.69) is 9.71 Å². The van der Waals surface area contributed by atoms with Gasteiger partial charge in [-0.3, -0.25) is 9.52 Å². The molecular weight excluding hydrogens is 468 g/mol. The van der Waals surface area contributed by atoms with E-state index in [0.29, 0.717) is 36.2 Å². The van der Waals surface area contributed by atoms with Crippen molar-refractivity contribution < 1.29 is 13.2 Å². The maximum Gasteiger partial charge on any atom is 0.263 e. The van der Waals surface area contributed by atoms with Crippen molar-refractivity contribution in [2.24, 2.45) is 0 Å². The molecule has 1 aliphatic rings. The predicted molar refractivity (Wildman–Crippen MR) is 125 cm³/mol. The number of nitrogens with zero attached hydrogens (tertiary/aromatic N) is 3. The summed E-state index contributed by atoms with van der Waals surface area (Å²) in [6.45, 7) is 1.45. The fourth-order valence-electron chi connectivity index (χ4n) is 3.90. The lowest BCUT2D eigenvalue weighted by atomic mass is 10.1. The number of anilines is 1. The molecule has 5 rings (SSSR count). The quantitative estimate of drug-likeness (QED) is 0.435. The molecule has 0 saturated heterocycles. The Morgan fingerprint density at radius 1 is 1.12 bits per heavy atom. The second kappa shape index (κ2) is 8.23. The van der Waals surface area contributed by atoms with Crippen LogP contribution in [0, 0.1) is 0 Å². The molecule has 0 atom stereocenters. The molecule has 0 aliphatic carbocycles. The molecule has 10 heteroatoms. The van der Waals surface area contributed by atoms with Gasteiger partial charge in [0.15, 0.2) is 5.13 Å². The summed E-state index contributed by atoms with van der Waals surface area (Å²) in [5.41, 5.74) is 2.85. The number of benzene rings is 2. The number of sulfonamides is 1. The fraction of sp³-hybridized carbons (Fsp3) is 0.182. The lowest BCUT2D eigenvalue weighted by Gasteiger charge is -2.16. The van der Waals surface area contributed by atoms with Crippen molar-refractivity contribution in [1.82, 2.24) is 14.5 Å². The normalized spacial score (nSPS) is 13.5. The summed E-state index contributed by atoms with van der Waals surface area (Å²) in [5, 5.41) is 3.75. The molecule has 7 nitrogen and oxygen atoms in total. The zero-order valence-electron chi connectivity index (χ0n) is 16.9. The Bertz CT molecular complexity index is 1410. The second-order valence-electron chi connectivity index (χ2n) is 7.59. The van der Waals surface area contributed by atoms with E-state index in [4.69, 9.17) is 11.6 Å². The summed E-state index contributed by atoms with van der Waals surface area (Å²) in [6.07, 6.45) is 3.86. The summed E-state index contributed by atoms with van der Waals surface area (Å²) in [5.74, 6) is 0.0299. The molecule has 4 aromatic rings. The average Bonchev–Trinajstić information content (AvgIpc) is 3.50. The van der Waals surface area contributed by atoms with Gasteiger partial charge in [-0.05, 0) is 47.5 Å². The van der Waals surface area contributed by atoms with Gasteiger partial charge in [0.1, 0.15) is 0 Å². The van der Waals surface area contributed by atoms with Crippen LogP contribution in [0.1, 0.15) is 17.5 Å². The van der Waals surface area contributed by atoms with Crippen molar-refractivity contribution in [3.05, 3.63) is 76.4 Å². The van der Waals surface area contributed by atoms with Crippen LogP contribution in [0.5, 0.6) is 0 Å². The number of thiazole rings is 1. The topological polar surface area (TPSA) is 84.3 Å². The molecule has 2 aromatic carbocycles. The van der Waals surface area contributed by atoms with Crippen LogP contribution in [0.25, 0.3) is 10.9 Å². The molecule has 0 fully saturated rings. The van der Waals surface area contributed by atoms with E-state index in [1.54, 1.807) is 34.7 Å². The zero-order chi connectivity index (χ0) is 22.3. The van der Waals surface area contributed by atoms with Gasteiger partial charge in [-0.1, -0.05) is 17.7 Å². The van der Waals surface area contributed by atoms with Crippen molar-refractivity contribution in [2.75, 3.05) is 4.72 Å². The first-order chi connectivity index (χ1) is 15.4. The number of carbonyl (C=O) groups is 1. The third-order valence-corrected chi connectivity index (χ3v) is 7.91. The van der Waals surface area contributed by atoms with Crippen LogP contribution in [0.15, 0.2) is 65.1 Å². The van der Waals surface area contributed by atoms with Gasteiger partial charge in [0.25, 0.3) is 10.0 Å². The average molecular weight is 487 g/mol. The first-order valence-electron chi connectivity index (χ1n) is 9.95. The van der Waals surface area contributed by atoms with E-state index in [1.807, 2.05) is 35.0 Å². The fourth-order valence-corrected chi connectivity index (χ4v) is 5.92. The van der Waals surface area contributed by atoms with Crippen LogP contribution < -0.4 is 4.72 Å². The van der Waals surface area contributed by atoms with Gasteiger partial charge >= 0.3 is 0 Å². The lowest BCUT2D eigenvalue weighted by Crippen LogP contribution is -2.26. The highest BCUT2D eigenvalue weighted by atomic mass is 35.5. The van der Waals surface area contributed by atoms with Gasteiger partial charge in [-0.15, -0.1) is 11.3 Å². The number of hydrogen-bond acceptors (Lipinski definition) is 5. The number of rotatable bonds is 6. The lowest BCUT2D eigenvalue weighted by molar-refractivity contribution is -0.132. The number of aryl methyl sites for hydroxylation is 1. The monoisotopic (exact) mass is 486 g/mol. The summed E-state index contributed by atoms with van der Waals surface area (Å²) >= 11 is 7.26. The van der Waals surface area contributed by atoms with Gasteiger partial charge < -0.3 is 9.47 Å². The summed E-state index contributed by atoms with van der Waals surface area (Å²) in [6, 6.07) is 12.7. The summed E-state index contributed by atoms with van der Waals surface area (Å²) < 4.78 is 29.8. The molecule has 0 unspecified atom stereocenters. The molecule has 0 radical (unpaired) electrons. The van der Waals surface area contributed by atoms with Crippen LogP contribution in [0.4, 0.5) is 5.13 Å². The van der Waals surface area contributed by atoms with Crippen LogP contribution in [-0.4, -0.2) is 28.8 Å². The SMILES string of the molecule is O=C(CCn1ccc2cc(Cl)ccc21)N1Cc2ccc(S(=O)(=O)Nc3nccs3)cc2C1. The van der Waals surface area contributed by atoms with E-state index in [-0.39, 0.29) is 10.8 Å². The van der Waals surface area contributed by atoms with Crippen LogP contribution in [-0.2, 0) is 34.5 Å². The van der Waals surface area contributed by atoms with E-state index in [1.165, 1.54) is 11.3 Å². The van der Waals surface area contributed by atoms with E-state index >= 15 is 0 Å². The van der Waals surface area contributed by atoms with Crippen molar-refractivity contribution in [1.29, 1.82) is 0 Å². The molecular formula is C22H19ClN4O3S2. The highest BCUT2D eigenvalue weighted by molar-refractivity contribution is 7.93. The van der Waals surface area contributed by atoms with Gasteiger partial charge in [0, 0.05) is 59.8 Å². The van der Waals surface area contributed by atoms with Crippen LogP contribution in [0.3, 0.4) is 0 Å². The van der Waals surface area contributed by atoms with Crippen molar-refractivity contribution >= 4 is 54.9 Å². The number of hydrogen-bond donors (Lipinski definition) is 1. The minimum absolute atomic E-state index is 0.0299. The molecule has 0 bridgehead atoms. The van der Waals surface area contributed by atoms with Crippen LogP contribution in [0.2, 0.25) is 5.02 Å². The second-order valence-corrected chi connectivity index (χ2v) is 10.6. The molecule has 1 aliphatic heterocycles. The Balaban J connectivity index is 1.26. The summed E-state index contributed by atoms with van der Waals surface area (Å²) in [4.78, 5) is 18.7. The van der Waals surface area contributed by atoms with Crippen molar-refractivity contribution in [3.63, 3.8) is 0 Å². The van der Waals surface area contributed by atoms with Gasteiger partial charge in [-0.25, -0.2) is 13.4 Å². The highest BCUT2D eigenvalue weighted by Crippen LogP contribution is 2.28. The van der Waals surface area contributed by atoms with E-state index in [9.17, 15) is 13.2 Å². The smallest absolute Gasteiger partial charge is 0.263 e. The third-order valence-electron chi connectivity index (χ3n) is 5.52. The first-order valence-corrected chi connectivity index (χ1v) is 12.7. The van der Waals surface area contributed by atoms with Crippen molar-refractivity contribution in [2.45, 2.75) is 31.0 Å². The summed E-state index contributed by atoms with van der Waals surface area (Å²) in [7, 11) is -3.72. The van der Waals surface area contributed by atoms with Crippen LogP contribution >= 0.6 is 22.9 Å². The molecule has 32 heavy (non-hydrogen) atoms. The van der Waals surface area contributed by atoms with Gasteiger partial charge in [0.2, 0.25) is 5.91 Å². The number of fused-ring (bicyclic) bond motifs is 2. The van der Waals surface area contributed by atoms with E-state index < -0.39 is 10.0 Å². The van der Waals surface area contributed by atoms with Gasteiger partial charge in [-0.2, -0.15) is 0 Å². The Hall–Kier alpha value is -2.88. The minimum atomic E-state index is -3.72. The maximum atomic E-state index is 12.8. The zero-order valence-corrected chi connectivity index (χ0v) is 19.3. The van der Waals surface area contributed by atoms with E-state index in [0.717, 1.165) is 22.0 Å². The Morgan fingerprint density at radius 3 is 2.78 bits per heavy atom. The molecule has 164 valence electrons. The Morgan fingerprint density at radius 2 is 1.97 bits per heavy atom. The number of nitrogens with one attached hydrogen (secondary N) is 1. The Kier molecular flexibility index (Phi) is 5.40. The molecule has 1 N–H and O–H groups in total. The first kappa shape index (κ1) is 21.0. The maximum absolute atomic E-state index is 12.8. The number of carbonyl (C=O) groups excluding carboxylic acids is 1. The minimum Gasteiger partial charge on any atom is -0.347 e. The number of amides is 1. The molecule has 0 saturated carbocycles. The standard InChI is InChI=1S/C22H19ClN4O3S2/c23-18-2-4-20-15(11-18)5-8-26(20)9-6-21(28)27-13-16-1-3-19(12-17(16)14-27)32(29,30)25-22-24-7-10-31-22/h1-5,7-8,10-12H,6,9,13-14H2,(H,24,25). The van der Waals surface area contributed by atoms with Crippen molar-refractivity contribution in [3.8, 4) is 0 Å². The largest absolute Gasteiger partial charge is 0.347 e. The molecule has 1 amide bonds. The molecule has 0 spiro atoms. The van der Waals surface area contributed by atoms with Gasteiger partial charge in [0.05, 0.1) is 4.90 Å². The molecule has 3 heterocycles. The highest BCUT2D eigenvalue weighted by Gasteiger charge is 2.25. The number of halogens is 1. The predicted octanol–water partition coefficient (Wildman–Crippen LogP) is 4.48. The molecule has 2 aromatic heterocycles. The Labute approximate surface area is 194 Å². The third kappa shape index (κ3) is 4.11. The number of aromatic nitrogens is 2.